The Morgan fingerprint density at radius 1 is 1.26 bits per heavy atom. The van der Waals surface area contributed by atoms with Crippen LogP contribution in [0.3, 0.4) is 0 Å². The summed E-state index contributed by atoms with van der Waals surface area (Å²) in [4.78, 5) is 9.05. The molecule has 0 fully saturated rings. The first-order chi connectivity index (χ1) is 8.48. The molecule has 5 heteroatoms. The first-order valence-electron chi connectivity index (χ1n) is 6.42. The molecule has 0 unspecified atom stereocenters. The van der Waals surface area contributed by atoms with E-state index >= 15 is 0 Å². The summed E-state index contributed by atoms with van der Waals surface area (Å²) in [6, 6.07) is 1.80. The summed E-state index contributed by atoms with van der Waals surface area (Å²) in [6.07, 6.45) is 1.000. The van der Waals surface area contributed by atoms with Crippen molar-refractivity contribution in [1.82, 2.24) is 9.97 Å². The number of nitrogens with zero attached hydrogens (tertiary/aromatic N) is 2. The van der Waals surface area contributed by atoms with Crippen LogP contribution in [0.1, 0.15) is 52.4 Å². The third-order valence-electron chi connectivity index (χ3n) is 2.53. The molecule has 19 heavy (non-hydrogen) atoms. The summed E-state index contributed by atoms with van der Waals surface area (Å²) in [5.74, 6) is 0.581. The van der Waals surface area contributed by atoms with E-state index in [1.807, 2.05) is 6.92 Å². The molecule has 106 valence electrons. The van der Waals surface area contributed by atoms with Crippen molar-refractivity contribution in [3.8, 4) is 0 Å². The van der Waals surface area contributed by atoms with Gasteiger partial charge in [0.1, 0.15) is 10.7 Å². The summed E-state index contributed by atoms with van der Waals surface area (Å²) < 4.78 is 0. The van der Waals surface area contributed by atoms with Crippen molar-refractivity contribution < 1.29 is 0 Å². The zero-order chi connectivity index (χ0) is 14.8. The number of nitrogens with one attached hydrogen (secondary N) is 1. The van der Waals surface area contributed by atoms with Crippen LogP contribution < -0.4 is 11.1 Å². The summed E-state index contributed by atoms with van der Waals surface area (Å²) in [5, 5.41) is 3.37. The Labute approximate surface area is 121 Å². The number of aromatic nitrogens is 2. The molecule has 0 saturated heterocycles. The summed E-state index contributed by atoms with van der Waals surface area (Å²) in [7, 11) is 0. The minimum Gasteiger partial charge on any atom is -0.388 e. The smallest absolute Gasteiger partial charge is 0.223 e. The maximum absolute atomic E-state index is 5.63. The van der Waals surface area contributed by atoms with E-state index in [0.29, 0.717) is 16.6 Å². The second kappa shape index (κ2) is 5.41. The molecular weight excluding hydrogens is 256 g/mol. The van der Waals surface area contributed by atoms with Crippen LogP contribution in [0.15, 0.2) is 6.07 Å². The molecule has 0 spiro atoms. The molecule has 0 aliphatic rings. The molecule has 1 aromatic rings. The Morgan fingerprint density at radius 3 is 2.32 bits per heavy atom. The zero-order valence-electron chi connectivity index (χ0n) is 12.7. The van der Waals surface area contributed by atoms with Crippen LogP contribution in [-0.2, 0) is 0 Å². The topological polar surface area (TPSA) is 63.8 Å². The molecule has 1 heterocycles. The molecule has 0 aromatic carbocycles. The quantitative estimate of drug-likeness (QED) is 0.830. The van der Waals surface area contributed by atoms with Gasteiger partial charge in [-0.3, -0.25) is 0 Å². The molecular formula is C14H24N4S. The van der Waals surface area contributed by atoms with Gasteiger partial charge in [-0.15, -0.1) is 0 Å². The molecule has 1 aromatic heterocycles. The predicted octanol–water partition coefficient (Wildman–Crippen LogP) is 3.05. The molecule has 0 radical (unpaired) electrons. The van der Waals surface area contributed by atoms with Gasteiger partial charge < -0.3 is 11.1 Å². The highest BCUT2D eigenvalue weighted by Crippen LogP contribution is 2.28. The standard InChI is InChI=1S/C14H24N4S/c1-9-7-10(11(15)19)17-12(16-9)18-14(5,6)8-13(2,3)4/h7H,8H2,1-6H3,(H2,15,19)(H,16,17,18). The van der Waals surface area contributed by atoms with Gasteiger partial charge in [-0.2, -0.15) is 0 Å². The van der Waals surface area contributed by atoms with E-state index in [0.717, 1.165) is 12.1 Å². The minimum absolute atomic E-state index is 0.0977. The number of hydrogen-bond acceptors (Lipinski definition) is 4. The first kappa shape index (κ1) is 15.8. The second-order valence-electron chi connectivity index (χ2n) is 6.83. The van der Waals surface area contributed by atoms with Gasteiger partial charge in [0.05, 0.1) is 0 Å². The number of rotatable bonds is 4. The van der Waals surface area contributed by atoms with Crippen molar-refractivity contribution in [3.63, 3.8) is 0 Å². The van der Waals surface area contributed by atoms with Gasteiger partial charge >= 0.3 is 0 Å². The number of anilines is 1. The number of nitrogens with two attached hydrogens (primary N) is 1. The van der Waals surface area contributed by atoms with E-state index in [1.165, 1.54) is 0 Å². The fourth-order valence-corrected chi connectivity index (χ4v) is 2.53. The van der Waals surface area contributed by atoms with Gasteiger partial charge in [-0.05, 0) is 38.7 Å². The van der Waals surface area contributed by atoms with E-state index in [2.05, 4.69) is 49.9 Å². The fraction of sp³-hybridized carbons (Fsp3) is 0.643. The van der Waals surface area contributed by atoms with Crippen LogP contribution in [0.2, 0.25) is 0 Å². The molecule has 0 aliphatic heterocycles. The Kier molecular flexibility index (Phi) is 4.50. The van der Waals surface area contributed by atoms with Crippen LogP contribution in [0.5, 0.6) is 0 Å². The van der Waals surface area contributed by atoms with E-state index in [1.54, 1.807) is 6.07 Å². The van der Waals surface area contributed by atoms with Crippen LogP contribution in [0.25, 0.3) is 0 Å². The zero-order valence-corrected chi connectivity index (χ0v) is 13.5. The van der Waals surface area contributed by atoms with Crippen molar-refractivity contribution in [2.75, 3.05) is 5.32 Å². The molecule has 1 rings (SSSR count). The average Bonchev–Trinajstić information content (AvgIpc) is 2.10. The normalized spacial score (nSPS) is 12.3. The SMILES string of the molecule is Cc1cc(C(N)=S)nc(NC(C)(C)CC(C)(C)C)n1. The molecule has 4 nitrogen and oxygen atoms in total. The lowest BCUT2D eigenvalue weighted by Gasteiger charge is -2.33. The van der Waals surface area contributed by atoms with Gasteiger partial charge in [0, 0.05) is 11.2 Å². The van der Waals surface area contributed by atoms with Crippen molar-refractivity contribution in [1.29, 1.82) is 0 Å². The third-order valence-corrected chi connectivity index (χ3v) is 2.74. The molecule has 0 atom stereocenters. The van der Waals surface area contributed by atoms with Crippen molar-refractivity contribution in [3.05, 3.63) is 17.5 Å². The van der Waals surface area contributed by atoms with Crippen LogP contribution in [0, 0.1) is 12.3 Å². The van der Waals surface area contributed by atoms with Gasteiger partial charge in [-0.25, -0.2) is 9.97 Å². The predicted molar refractivity (Wildman–Crippen MR) is 84.4 cm³/mol. The van der Waals surface area contributed by atoms with Gasteiger partial charge in [0.25, 0.3) is 0 Å². The fourth-order valence-electron chi connectivity index (χ4n) is 2.42. The lowest BCUT2D eigenvalue weighted by atomic mass is 9.82. The third kappa shape index (κ3) is 5.51. The molecule has 0 saturated carbocycles. The van der Waals surface area contributed by atoms with Gasteiger partial charge in [-0.1, -0.05) is 33.0 Å². The lowest BCUT2D eigenvalue weighted by molar-refractivity contribution is 0.301. The summed E-state index contributed by atoms with van der Waals surface area (Å²) in [6.45, 7) is 12.8. The summed E-state index contributed by atoms with van der Waals surface area (Å²) >= 11 is 4.97. The van der Waals surface area contributed by atoms with E-state index in [9.17, 15) is 0 Å². The van der Waals surface area contributed by atoms with Crippen LogP contribution in [-0.4, -0.2) is 20.5 Å². The monoisotopic (exact) mass is 280 g/mol. The van der Waals surface area contributed by atoms with E-state index < -0.39 is 0 Å². The maximum atomic E-state index is 5.63. The Balaban J connectivity index is 2.96. The molecule has 0 amide bonds. The minimum atomic E-state index is -0.0977. The Hall–Kier alpha value is -1.23. The highest BCUT2D eigenvalue weighted by Gasteiger charge is 2.26. The van der Waals surface area contributed by atoms with Crippen LogP contribution >= 0.6 is 12.2 Å². The number of thiocarbonyl (C=S) groups is 1. The maximum Gasteiger partial charge on any atom is 0.223 e. The van der Waals surface area contributed by atoms with E-state index in [4.69, 9.17) is 18.0 Å². The Morgan fingerprint density at radius 2 is 1.84 bits per heavy atom. The van der Waals surface area contributed by atoms with Crippen molar-refractivity contribution >= 4 is 23.2 Å². The number of aryl methyl sites for hydroxylation is 1. The van der Waals surface area contributed by atoms with Crippen molar-refractivity contribution in [2.45, 2.75) is 53.5 Å². The molecule has 3 N–H and O–H groups in total. The van der Waals surface area contributed by atoms with Gasteiger partial charge in [0.2, 0.25) is 5.95 Å². The summed E-state index contributed by atoms with van der Waals surface area (Å²) in [5.41, 5.74) is 7.22. The van der Waals surface area contributed by atoms with E-state index in [-0.39, 0.29) is 11.0 Å². The Bertz CT molecular complexity index is 475. The lowest BCUT2D eigenvalue weighted by Crippen LogP contribution is -2.36. The average molecular weight is 280 g/mol. The highest BCUT2D eigenvalue weighted by atomic mass is 32.1. The van der Waals surface area contributed by atoms with Crippen molar-refractivity contribution in [2.24, 2.45) is 11.1 Å². The molecule has 0 bridgehead atoms. The second-order valence-corrected chi connectivity index (χ2v) is 7.27. The van der Waals surface area contributed by atoms with Gasteiger partial charge in [0.15, 0.2) is 0 Å². The first-order valence-corrected chi connectivity index (χ1v) is 6.83. The van der Waals surface area contributed by atoms with Crippen LogP contribution in [0.4, 0.5) is 5.95 Å². The number of hydrogen-bond donors (Lipinski definition) is 2. The highest BCUT2D eigenvalue weighted by molar-refractivity contribution is 7.80. The molecule has 0 aliphatic carbocycles. The largest absolute Gasteiger partial charge is 0.388 e.